The van der Waals surface area contributed by atoms with Gasteiger partial charge in [0.15, 0.2) is 0 Å². The smallest absolute Gasteiger partial charge is 0.220 e. The Morgan fingerprint density at radius 1 is 1.25 bits per heavy atom. The summed E-state index contributed by atoms with van der Waals surface area (Å²) in [7, 11) is 0. The lowest BCUT2D eigenvalue weighted by Crippen LogP contribution is -2.49. The lowest BCUT2D eigenvalue weighted by molar-refractivity contribution is -0.126. The van der Waals surface area contributed by atoms with Gasteiger partial charge in [-0.3, -0.25) is 4.79 Å². The average Bonchev–Trinajstić information content (AvgIpc) is 2.52. The fourth-order valence-corrected chi connectivity index (χ4v) is 3.21. The van der Waals surface area contributed by atoms with Gasteiger partial charge in [-0.05, 0) is 31.6 Å². The van der Waals surface area contributed by atoms with Crippen molar-refractivity contribution >= 4 is 5.91 Å². The van der Waals surface area contributed by atoms with Crippen LogP contribution in [0, 0.1) is 5.92 Å². The lowest BCUT2D eigenvalue weighted by Gasteiger charge is -2.30. The molecule has 3 heterocycles. The van der Waals surface area contributed by atoms with Gasteiger partial charge in [0.2, 0.25) is 5.91 Å². The van der Waals surface area contributed by atoms with Gasteiger partial charge in [0.25, 0.3) is 0 Å². The van der Waals surface area contributed by atoms with Gasteiger partial charge in [-0.25, -0.2) is 0 Å². The van der Waals surface area contributed by atoms with Crippen molar-refractivity contribution in [1.82, 2.24) is 10.6 Å². The highest BCUT2D eigenvalue weighted by molar-refractivity contribution is 5.76. The van der Waals surface area contributed by atoms with Crippen LogP contribution in [-0.2, 0) is 9.53 Å². The molecule has 0 spiro atoms. The van der Waals surface area contributed by atoms with Crippen LogP contribution in [0.3, 0.4) is 0 Å². The number of hydrogen-bond donors (Lipinski definition) is 2. The minimum absolute atomic E-state index is 0.222. The molecule has 2 atom stereocenters. The van der Waals surface area contributed by atoms with Crippen LogP contribution in [0.25, 0.3) is 0 Å². The number of carbonyl (C=O) groups excluding carboxylic acids is 1. The van der Waals surface area contributed by atoms with Gasteiger partial charge in [-0.1, -0.05) is 0 Å². The minimum atomic E-state index is 0.222. The van der Waals surface area contributed by atoms with E-state index in [4.69, 9.17) is 4.74 Å². The van der Waals surface area contributed by atoms with Gasteiger partial charge < -0.3 is 15.4 Å². The summed E-state index contributed by atoms with van der Waals surface area (Å²) < 4.78 is 5.05. The van der Waals surface area contributed by atoms with E-state index in [-0.39, 0.29) is 11.9 Å². The molecule has 2 bridgehead atoms. The molecule has 2 unspecified atom stereocenters. The first-order chi connectivity index (χ1) is 7.79. The van der Waals surface area contributed by atoms with Gasteiger partial charge in [0, 0.05) is 18.5 Å². The fraction of sp³-hybridized carbons (Fsp3) is 0.917. The van der Waals surface area contributed by atoms with E-state index in [1.807, 2.05) is 0 Å². The van der Waals surface area contributed by atoms with E-state index in [0.29, 0.717) is 37.6 Å². The first-order valence-corrected chi connectivity index (χ1v) is 6.43. The Kier molecular flexibility index (Phi) is 2.86. The molecule has 0 aromatic heterocycles. The van der Waals surface area contributed by atoms with Crippen LogP contribution < -0.4 is 10.6 Å². The zero-order chi connectivity index (χ0) is 11.0. The maximum absolute atomic E-state index is 11.8. The number of amides is 1. The molecule has 0 aromatic rings. The summed E-state index contributed by atoms with van der Waals surface area (Å²) in [4.78, 5) is 11.8. The highest BCUT2D eigenvalue weighted by atomic mass is 16.5. The van der Waals surface area contributed by atoms with Crippen molar-refractivity contribution in [2.45, 2.75) is 50.2 Å². The Balaban J connectivity index is 1.45. The van der Waals surface area contributed by atoms with Crippen molar-refractivity contribution < 1.29 is 9.53 Å². The lowest BCUT2D eigenvalue weighted by atomic mass is 9.89. The number of hydrogen-bond acceptors (Lipinski definition) is 3. The summed E-state index contributed by atoms with van der Waals surface area (Å²) >= 11 is 0. The standard InChI is InChI=1S/C12H20N2O2/c15-12(14-11-6-16-7-11)5-8-3-9-1-2-10(4-8)13-9/h8-11,13H,1-7H2,(H,14,15). The molecule has 3 aliphatic rings. The van der Waals surface area contributed by atoms with Gasteiger partial charge in [-0.15, -0.1) is 0 Å². The van der Waals surface area contributed by atoms with E-state index in [2.05, 4.69) is 10.6 Å². The Morgan fingerprint density at radius 3 is 2.50 bits per heavy atom. The Hall–Kier alpha value is -0.610. The zero-order valence-electron chi connectivity index (χ0n) is 9.58. The summed E-state index contributed by atoms with van der Waals surface area (Å²) in [6.45, 7) is 1.40. The molecule has 16 heavy (non-hydrogen) atoms. The molecule has 90 valence electrons. The van der Waals surface area contributed by atoms with Crippen LogP contribution in [0.15, 0.2) is 0 Å². The first kappa shape index (κ1) is 10.5. The summed E-state index contributed by atoms with van der Waals surface area (Å²) in [6, 6.07) is 1.65. The normalized spacial score (nSPS) is 38.1. The van der Waals surface area contributed by atoms with E-state index in [1.165, 1.54) is 25.7 Å². The Morgan fingerprint density at radius 2 is 1.94 bits per heavy atom. The predicted molar refractivity (Wildman–Crippen MR) is 60.0 cm³/mol. The molecule has 3 fully saturated rings. The van der Waals surface area contributed by atoms with E-state index in [9.17, 15) is 4.79 Å². The summed E-state index contributed by atoms with van der Waals surface area (Å²) in [6.07, 6.45) is 5.69. The third kappa shape index (κ3) is 2.23. The third-order valence-corrected chi connectivity index (χ3v) is 4.05. The van der Waals surface area contributed by atoms with Gasteiger partial charge in [0.05, 0.1) is 19.3 Å². The molecule has 4 heteroatoms. The molecule has 3 rings (SSSR count). The van der Waals surface area contributed by atoms with Crippen LogP contribution >= 0.6 is 0 Å². The van der Waals surface area contributed by atoms with Crippen LogP contribution in [0.4, 0.5) is 0 Å². The summed E-state index contributed by atoms with van der Waals surface area (Å²) in [5.41, 5.74) is 0. The van der Waals surface area contributed by atoms with E-state index in [0.717, 1.165) is 0 Å². The Labute approximate surface area is 96.1 Å². The molecule has 4 nitrogen and oxygen atoms in total. The van der Waals surface area contributed by atoms with Crippen LogP contribution in [-0.4, -0.2) is 37.2 Å². The fourth-order valence-electron chi connectivity index (χ4n) is 3.21. The third-order valence-electron chi connectivity index (χ3n) is 4.05. The number of piperidine rings is 1. The van der Waals surface area contributed by atoms with Gasteiger partial charge in [-0.2, -0.15) is 0 Å². The van der Waals surface area contributed by atoms with E-state index < -0.39 is 0 Å². The van der Waals surface area contributed by atoms with Crippen LogP contribution in [0.2, 0.25) is 0 Å². The average molecular weight is 224 g/mol. The monoisotopic (exact) mass is 224 g/mol. The quantitative estimate of drug-likeness (QED) is 0.730. The van der Waals surface area contributed by atoms with Crippen molar-refractivity contribution in [3.8, 4) is 0 Å². The maximum atomic E-state index is 11.8. The predicted octanol–water partition coefficient (Wildman–Crippen LogP) is 0.422. The van der Waals surface area contributed by atoms with E-state index in [1.54, 1.807) is 0 Å². The van der Waals surface area contributed by atoms with Crippen molar-refractivity contribution in [1.29, 1.82) is 0 Å². The maximum Gasteiger partial charge on any atom is 0.220 e. The topological polar surface area (TPSA) is 50.4 Å². The number of carbonyl (C=O) groups is 1. The number of rotatable bonds is 3. The Bertz CT molecular complexity index is 266. The van der Waals surface area contributed by atoms with Crippen molar-refractivity contribution in [2.24, 2.45) is 5.92 Å². The van der Waals surface area contributed by atoms with Crippen LogP contribution in [0.1, 0.15) is 32.1 Å². The molecule has 0 aromatic carbocycles. The molecule has 0 saturated carbocycles. The zero-order valence-corrected chi connectivity index (χ0v) is 9.58. The van der Waals surface area contributed by atoms with Crippen molar-refractivity contribution in [3.63, 3.8) is 0 Å². The number of nitrogens with one attached hydrogen (secondary N) is 2. The summed E-state index contributed by atoms with van der Waals surface area (Å²) in [5.74, 6) is 0.819. The second-order valence-electron chi connectivity index (χ2n) is 5.48. The van der Waals surface area contributed by atoms with Crippen molar-refractivity contribution in [3.05, 3.63) is 0 Å². The molecule has 3 saturated heterocycles. The molecule has 0 radical (unpaired) electrons. The molecule has 2 N–H and O–H groups in total. The highest BCUT2D eigenvalue weighted by Crippen LogP contribution is 2.32. The minimum Gasteiger partial charge on any atom is -0.377 e. The van der Waals surface area contributed by atoms with Gasteiger partial charge in [0.1, 0.15) is 0 Å². The molecule has 3 aliphatic heterocycles. The summed E-state index contributed by atoms with van der Waals surface area (Å²) in [5, 5.41) is 6.63. The molecular formula is C12H20N2O2. The number of ether oxygens (including phenoxy) is 1. The largest absolute Gasteiger partial charge is 0.377 e. The SMILES string of the molecule is O=C(CC1CC2CCC(C1)N2)NC1COC1. The number of fused-ring (bicyclic) bond motifs is 2. The molecule has 1 amide bonds. The van der Waals surface area contributed by atoms with Gasteiger partial charge >= 0.3 is 0 Å². The van der Waals surface area contributed by atoms with E-state index >= 15 is 0 Å². The second kappa shape index (κ2) is 4.34. The van der Waals surface area contributed by atoms with Crippen molar-refractivity contribution in [2.75, 3.05) is 13.2 Å². The highest BCUT2D eigenvalue weighted by Gasteiger charge is 2.34. The molecule has 0 aliphatic carbocycles. The van der Waals surface area contributed by atoms with Crippen LogP contribution in [0.5, 0.6) is 0 Å². The second-order valence-corrected chi connectivity index (χ2v) is 5.48. The molecular weight excluding hydrogens is 204 g/mol. The first-order valence-electron chi connectivity index (χ1n) is 6.43.